The molecule has 0 aliphatic heterocycles. The van der Waals surface area contributed by atoms with Crippen molar-refractivity contribution in [1.82, 2.24) is 0 Å². The Labute approximate surface area is 190 Å². The Morgan fingerprint density at radius 1 is 0.871 bits per heavy atom. The molecule has 4 rings (SSSR count). The Hall–Kier alpha value is -0.410. The van der Waals surface area contributed by atoms with Crippen LogP contribution in [0.4, 0.5) is 0 Å². The molecule has 3 nitrogen and oxygen atoms in total. The number of carbonyl (C=O) groups is 1. The molecule has 4 aliphatic carbocycles. The molecule has 0 amide bonds. The maximum absolute atomic E-state index is 12.4. The van der Waals surface area contributed by atoms with E-state index in [1.807, 2.05) is 0 Å². The number of fused-ring (bicyclic) bond motifs is 5. The molecule has 0 saturated heterocycles. The average molecular weight is 433 g/mol. The summed E-state index contributed by atoms with van der Waals surface area (Å²) in [5, 5.41) is 19.8. The second-order valence-corrected chi connectivity index (χ2v) is 12.4. The van der Waals surface area contributed by atoms with Crippen molar-refractivity contribution in [3.8, 4) is 0 Å². The lowest BCUT2D eigenvalue weighted by atomic mass is 9.42. The van der Waals surface area contributed by atoms with Crippen molar-refractivity contribution >= 4 is 5.78 Å². The summed E-state index contributed by atoms with van der Waals surface area (Å²) in [6.07, 6.45) is 18.6. The lowest BCUT2D eigenvalue weighted by Crippen LogP contribution is -2.57. The Morgan fingerprint density at radius 2 is 1.55 bits per heavy atom. The minimum atomic E-state index is -0.100. The van der Waals surface area contributed by atoms with Gasteiger partial charge in [0, 0.05) is 19.4 Å². The highest BCUT2D eigenvalue weighted by Crippen LogP contribution is 2.67. The zero-order chi connectivity index (χ0) is 22.1. The molecule has 3 heteroatoms. The fourth-order valence-corrected chi connectivity index (χ4v) is 8.89. The first-order valence-electron chi connectivity index (χ1n) is 13.7. The molecular weight excluding hydrogens is 384 g/mol. The highest BCUT2D eigenvalue weighted by Gasteiger charge is 2.62. The van der Waals surface area contributed by atoms with Crippen LogP contribution in [0.5, 0.6) is 0 Å². The number of hydrogen-bond acceptors (Lipinski definition) is 3. The Bertz CT molecular complexity index is 617. The molecule has 0 aromatic rings. The molecule has 0 aromatic carbocycles. The van der Waals surface area contributed by atoms with Crippen LogP contribution < -0.4 is 0 Å². The van der Waals surface area contributed by atoms with Gasteiger partial charge in [0.25, 0.3) is 0 Å². The van der Waals surface area contributed by atoms with E-state index < -0.39 is 0 Å². The third-order valence-electron chi connectivity index (χ3n) is 10.8. The van der Waals surface area contributed by atoms with Crippen LogP contribution in [0.1, 0.15) is 117 Å². The highest BCUT2D eigenvalue weighted by molar-refractivity contribution is 5.79. The molecule has 4 aliphatic rings. The number of Topliss-reactive ketones (excluding diaryl/α,β-unsaturated/α-hetero) is 1. The van der Waals surface area contributed by atoms with E-state index >= 15 is 0 Å². The summed E-state index contributed by atoms with van der Waals surface area (Å²) in [5.41, 5.74) is 0.496. The van der Waals surface area contributed by atoms with E-state index in [4.69, 9.17) is 5.11 Å². The van der Waals surface area contributed by atoms with Crippen LogP contribution in [-0.2, 0) is 4.79 Å². The van der Waals surface area contributed by atoms with Gasteiger partial charge >= 0.3 is 0 Å². The van der Waals surface area contributed by atoms with Gasteiger partial charge < -0.3 is 10.2 Å². The monoisotopic (exact) mass is 432 g/mol. The SMILES string of the molecule is C[C@]12CCC(=O)C[C@@H]1C[C@@H](CCCCCCCCCO)[C@@H]1[C@@H]2CC[C@]2(C)[C@@H](O)CC[C@@H]12. The lowest BCUT2D eigenvalue weighted by Gasteiger charge is -2.62. The van der Waals surface area contributed by atoms with Crippen molar-refractivity contribution in [3.63, 3.8) is 0 Å². The lowest BCUT2D eigenvalue weighted by molar-refractivity contribution is -0.156. The van der Waals surface area contributed by atoms with Crippen molar-refractivity contribution in [2.75, 3.05) is 6.61 Å². The maximum atomic E-state index is 12.4. The molecule has 31 heavy (non-hydrogen) atoms. The van der Waals surface area contributed by atoms with Crippen LogP contribution in [0.2, 0.25) is 0 Å². The Kier molecular flexibility index (Phi) is 7.53. The van der Waals surface area contributed by atoms with Crippen LogP contribution in [0.25, 0.3) is 0 Å². The second-order valence-electron chi connectivity index (χ2n) is 12.4. The predicted octanol–water partition coefficient (Wildman–Crippen LogP) is 6.30. The van der Waals surface area contributed by atoms with Gasteiger partial charge in [-0.1, -0.05) is 58.8 Å². The van der Waals surface area contributed by atoms with Crippen LogP contribution in [0, 0.1) is 40.4 Å². The number of unbranched alkanes of at least 4 members (excludes halogenated alkanes) is 6. The first kappa shape index (κ1) is 23.7. The minimum Gasteiger partial charge on any atom is -0.396 e. The molecule has 2 N–H and O–H groups in total. The fraction of sp³-hybridized carbons (Fsp3) is 0.964. The summed E-state index contributed by atoms with van der Waals surface area (Å²) in [6.45, 7) is 5.27. The summed E-state index contributed by atoms with van der Waals surface area (Å²) >= 11 is 0. The first-order chi connectivity index (χ1) is 14.9. The van der Waals surface area contributed by atoms with Gasteiger partial charge in [-0.25, -0.2) is 0 Å². The topological polar surface area (TPSA) is 57.5 Å². The smallest absolute Gasteiger partial charge is 0.133 e. The van der Waals surface area contributed by atoms with E-state index in [9.17, 15) is 9.90 Å². The van der Waals surface area contributed by atoms with Gasteiger partial charge in [-0.15, -0.1) is 0 Å². The quantitative estimate of drug-likeness (QED) is 0.420. The summed E-state index contributed by atoms with van der Waals surface area (Å²) in [5.74, 6) is 4.12. The van der Waals surface area contributed by atoms with E-state index in [0.29, 0.717) is 29.6 Å². The summed E-state index contributed by atoms with van der Waals surface area (Å²) in [6, 6.07) is 0. The summed E-state index contributed by atoms with van der Waals surface area (Å²) in [4.78, 5) is 12.4. The molecule has 0 aromatic heterocycles. The van der Waals surface area contributed by atoms with E-state index in [1.54, 1.807) is 0 Å². The van der Waals surface area contributed by atoms with Crippen molar-refractivity contribution in [1.29, 1.82) is 0 Å². The molecule has 0 heterocycles. The minimum absolute atomic E-state index is 0.100. The number of aliphatic hydroxyl groups is 2. The van der Waals surface area contributed by atoms with E-state index in [2.05, 4.69) is 13.8 Å². The predicted molar refractivity (Wildman–Crippen MR) is 126 cm³/mol. The zero-order valence-corrected chi connectivity index (χ0v) is 20.3. The van der Waals surface area contributed by atoms with Crippen LogP contribution in [0.3, 0.4) is 0 Å². The van der Waals surface area contributed by atoms with Gasteiger partial charge in [0.2, 0.25) is 0 Å². The van der Waals surface area contributed by atoms with Gasteiger partial charge in [-0.2, -0.15) is 0 Å². The third-order valence-corrected chi connectivity index (χ3v) is 10.8. The van der Waals surface area contributed by atoms with Gasteiger partial charge in [-0.05, 0) is 85.4 Å². The number of aliphatic hydroxyl groups excluding tert-OH is 2. The van der Waals surface area contributed by atoms with Gasteiger partial charge in [0.1, 0.15) is 5.78 Å². The molecule has 178 valence electrons. The van der Waals surface area contributed by atoms with Crippen LogP contribution >= 0.6 is 0 Å². The normalized spacial score (nSPS) is 44.6. The molecule has 0 spiro atoms. The van der Waals surface area contributed by atoms with Gasteiger partial charge in [0.15, 0.2) is 0 Å². The van der Waals surface area contributed by atoms with Crippen molar-refractivity contribution in [2.45, 2.75) is 123 Å². The second kappa shape index (κ2) is 9.84. The van der Waals surface area contributed by atoms with Crippen LogP contribution in [0.15, 0.2) is 0 Å². The largest absolute Gasteiger partial charge is 0.396 e. The first-order valence-corrected chi connectivity index (χ1v) is 13.7. The Balaban J connectivity index is 1.43. The highest BCUT2D eigenvalue weighted by atomic mass is 16.3. The maximum Gasteiger partial charge on any atom is 0.133 e. The van der Waals surface area contributed by atoms with Crippen molar-refractivity contribution in [2.24, 2.45) is 40.4 Å². The number of rotatable bonds is 9. The number of ketones is 1. The standard InChI is InChI=1S/C28H48O3/c1-27-15-13-22(30)19-21(27)18-20(10-8-6-4-3-5-7-9-17-29)26-23-11-12-25(31)28(23,2)16-14-24(26)27/h20-21,23-26,29,31H,3-19H2,1-2H3/t20-,21+,23+,24+,25+,26+,27+,28+/m1/s1. The van der Waals surface area contributed by atoms with Crippen molar-refractivity contribution in [3.05, 3.63) is 0 Å². The molecule has 4 fully saturated rings. The molecule has 0 radical (unpaired) electrons. The van der Waals surface area contributed by atoms with E-state index in [1.165, 1.54) is 70.6 Å². The molecule has 0 unspecified atom stereocenters. The van der Waals surface area contributed by atoms with E-state index in [0.717, 1.165) is 49.9 Å². The van der Waals surface area contributed by atoms with Crippen molar-refractivity contribution < 1.29 is 15.0 Å². The van der Waals surface area contributed by atoms with Gasteiger partial charge in [-0.3, -0.25) is 4.79 Å². The number of carbonyl (C=O) groups excluding carboxylic acids is 1. The Morgan fingerprint density at radius 3 is 2.29 bits per heavy atom. The van der Waals surface area contributed by atoms with E-state index in [-0.39, 0.29) is 11.5 Å². The average Bonchev–Trinajstić information content (AvgIpc) is 3.05. The zero-order valence-electron chi connectivity index (χ0n) is 20.3. The van der Waals surface area contributed by atoms with Crippen LogP contribution in [-0.4, -0.2) is 28.7 Å². The summed E-state index contributed by atoms with van der Waals surface area (Å²) in [7, 11) is 0. The van der Waals surface area contributed by atoms with Gasteiger partial charge in [0.05, 0.1) is 6.10 Å². The molecule has 0 bridgehead atoms. The molecule has 4 saturated carbocycles. The number of hydrogen-bond donors (Lipinski definition) is 2. The fourth-order valence-electron chi connectivity index (χ4n) is 8.89. The molecule has 8 atom stereocenters. The third kappa shape index (κ3) is 4.52. The molecular formula is C28H48O3. The summed E-state index contributed by atoms with van der Waals surface area (Å²) < 4.78 is 0.